The first-order valence-electron chi connectivity index (χ1n) is 16.0. The third-order valence-electron chi connectivity index (χ3n) is 7.93. The molecule has 5 atom stereocenters. The molecule has 40 heavy (non-hydrogen) atoms. The molecular weight excluding hydrogens is 496 g/mol. The number of hydrogen-bond acceptors (Lipinski definition) is 5. The number of nitrogens with zero attached hydrogens (tertiary/aromatic N) is 2. The highest BCUT2D eigenvalue weighted by molar-refractivity contribution is 5.92. The minimum absolute atomic E-state index is 0.0152. The number of nitrogens with one attached hydrogen (secondary N) is 4. The van der Waals surface area contributed by atoms with Gasteiger partial charge in [-0.05, 0) is 55.9 Å². The molecular formula is C33H64N6O. The summed E-state index contributed by atoms with van der Waals surface area (Å²) in [6.45, 7) is 20.7. The quantitative estimate of drug-likeness (QED) is 0.154. The van der Waals surface area contributed by atoms with Crippen LogP contribution in [0.3, 0.4) is 0 Å². The monoisotopic (exact) mass is 561 g/mol. The summed E-state index contributed by atoms with van der Waals surface area (Å²) in [4.78, 5) is 12.4. The fraction of sp³-hybridized carbons (Fsp3) is 0.788. The Hall–Kier alpha value is -2.31. The van der Waals surface area contributed by atoms with Gasteiger partial charge in [0.25, 0.3) is 5.91 Å². The third-order valence-corrected chi connectivity index (χ3v) is 7.93. The fourth-order valence-corrected chi connectivity index (χ4v) is 4.76. The highest BCUT2D eigenvalue weighted by Gasteiger charge is 2.21. The zero-order valence-electron chi connectivity index (χ0n) is 27.7. The van der Waals surface area contributed by atoms with Crippen LogP contribution in [0.25, 0.3) is 0 Å². The Kier molecular flexibility index (Phi) is 21.1. The molecule has 0 spiro atoms. The Morgan fingerprint density at radius 3 is 2.17 bits per heavy atom. The van der Waals surface area contributed by atoms with Crippen molar-refractivity contribution in [3.63, 3.8) is 0 Å². The summed E-state index contributed by atoms with van der Waals surface area (Å²) >= 11 is 0. The van der Waals surface area contributed by atoms with Gasteiger partial charge in [0.2, 0.25) is 0 Å². The van der Waals surface area contributed by atoms with Gasteiger partial charge in [-0.2, -0.15) is 5.10 Å². The first-order chi connectivity index (χ1) is 19.0. The summed E-state index contributed by atoms with van der Waals surface area (Å²) in [6.07, 6.45) is 15.6. The molecule has 1 aliphatic rings. The van der Waals surface area contributed by atoms with Crippen LogP contribution in [-0.2, 0) is 7.05 Å². The number of hydrogen-bond donors (Lipinski definition) is 4. The van der Waals surface area contributed by atoms with Crippen molar-refractivity contribution in [2.75, 3.05) is 6.67 Å². The summed E-state index contributed by atoms with van der Waals surface area (Å²) in [5.74, 6) is 2.94. The van der Waals surface area contributed by atoms with E-state index in [2.05, 4.69) is 76.4 Å². The number of carbonyl (C=O) groups excluding carboxylic acids is 1. The molecule has 232 valence electrons. The predicted octanol–water partition coefficient (Wildman–Crippen LogP) is 8.05. The van der Waals surface area contributed by atoms with Gasteiger partial charge in [0, 0.05) is 25.2 Å². The molecule has 4 N–H and O–H groups in total. The third kappa shape index (κ3) is 16.7. The molecule has 1 aromatic heterocycles. The second-order valence-electron chi connectivity index (χ2n) is 12.0. The van der Waals surface area contributed by atoms with Crippen molar-refractivity contribution in [2.45, 2.75) is 133 Å². The topological polar surface area (TPSA) is 94.8 Å². The van der Waals surface area contributed by atoms with E-state index in [1.54, 1.807) is 24.0 Å². The van der Waals surface area contributed by atoms with Gasteiger partial charge >= 0.3 is 0 Å². The molecule has 0 saturated heterocycles. The van der Waals surface area contributed by atoms with Crippen LogP contribution in [-0.4, -0.2) is 34.1 Å². The minimum atomic E-state index is -0.0804. The van der Waals surface area contributed by atoms with E-state index in [9.17, 15) is 4.79 Å². The number of aromatic nitrogens is 2. The Bertz CT molecular complexity index is 831. The van der Waals surface area contributed by atoms with E-state index in [1.807, 2.05) is 13.1 Å². The number of unbranched alkanes of at least 4 members (excludes halogenated alkanes) is 1. The second kappa shape index (κ2) is 22.4. The van der Waals surface area contributed by atoms with E-state index in [0.717, 1.165) is 55.1 Å². The van der Waals surface area contributed by atoms with Crippen LogP contribution < -0.4 is 16.0 Å². The SMILES string of the molecule is CCC(C)CCCC(NC(=O)c1ccnn1C)C1=CNCN1.CCCC.CCCC(C)CC(C)C(C)CC(C)=N. The van der Waals surface area contributed by atoms with Crippen molar-refractivity contribution in [2.24, 2.45) is 30.7 Å². The summed E-state index contributed by atoms with van der Waals surface area (Å²) in [5.41, 5.74) is 2.46. The summed E-state index contributed by atoms with van der Waals surface area (Å²) in [6, 6.07) is 1.75. The first kappa shape index (κ1) is 37.7. The van der Waals surface area contributed by atoms with E-state index >= 15 is 0 Å². The lowest BCUT2D eigenvalue weighted by atomic mass is 9.83. The van der Waals surface area contributed by atoms with Crippen LogP contribution >= 0.6 is 0 Å². The van der Waals surface area contributed by atoms with E-state index in [1.165, 1.54) is 44.9 Å². The summed E-state index contributed by atoms with van der Waals surface area (Å²) in [7, 11) is 1.78. The van der Waals surface area contributed by atoms with Crippen LogP contribution in [0, 0.1) is 29.1 Å². The van der Waals surface area contributed by atoms with Crippen molar-refractivity contribution < 1.29 is 4.79 Å². The second-order valence-corrected chi connectivity index (χ2v) is 12.0. The van der Waals surface area contributed by atoms with Gasteiger partial charge in [0.15, 0.2) is 0 Å². The van der Waals surface area contributed by atoms with Gasteiger partial charge in [-0.3, -0.25) is 9.48 Å². The molecule has 7 heteroatoms. The maximum absolute atomic E-state index is 12.4. The lowest BCUT2D eigenvalue weighted by molar-refractivity contribution is 0.0930. The molecule has 0 bridgehead atoms. The Balaban J connectivity index is 0.000000726. The molecule has 0 radical (unpaired) electrons. The van der Waals surface area contributed by atoms with Gasteiger partial charge < -0.3 is 21.4 Å². The Labute approximate surface area is 247 Å². The van der Waals surface area contributed by atoms with E-state index in [4.69, 9.17) is 5.41 Å². The maximum atomic E-state index is 12.4. The van der Waals surface area contributed by atoms with Crippen LogP contribution in [0.2, 0.25) is 0 Å². The molecule has 5 unspecified atom stereocenters. The lowest BCUT2D eigenvalue weighted by Crippen LogP contribution is -2.40. The predicted molar refractivity (Wildman–Crippen MR) is 173 cm³/mol. The highest BCUT2D eigenvalue weighted by atomic mass is 16.2. The van der Waals surface area contributed by atoms with Crippen LogP contribution in [0.15, 0.2) is 24.2 Å². The van der Waals surface area contributed by atoms with E-state index < -0.39 is 0 Å². The molecule has 1 aliphatic heterocycles. The van der Waals surface area contributed by atoms with Crippen LogP contribution in [0.5, 0.6) is 0 Å². The van der Waals surface area contributed by atoms with Gasteiger partial charge in [-0.1, -0.05) is 100 Å². The standard InChI is InChI=1S/C16H27N5O.C13H27N.C4H10/c1-4-12(2)6-5-7-13(14-10-17-11-18-14)20-16(22)15-8-9-19-21(15)3;1-6-7-10(2)8-11(3)12(4)9-13(5)14;1-3-4-2/h8-10,12-13,17-18H,4-7,11H2,1-3H3,(H,20,22);10-12,14H,6-9H2,1-5H3;3-4H2,1-2H3. The molecule has 7 nitrogen and oxygen atoms in total. The van der Waals surface area contributed by atoms with Crippen LogP contribution in [0.4, 0.5) is 0 Å². The summed E-state index contributed by atoms with van der Waals surface area (Å²) < 4.78 is 1.60. The van der Waals surface area contributed by atoms with Crippen LogP contribution in [0.1, 0.15) is 137 Å². The van der Waals surface area contributed by atoms with Crippen molar-refractivity contribution in [1.82, 2.24) is 25.7 Å². The van der Waals surface area contributed by atoms with Crippen molar-refractivity contribution in [1.29, 1.82) is 5.41 Å². The van der Waals surface area contributed by atoms with Crippen molar-refractivity contribution >= 4 is 11.6 Å². The molecule has 2 heterocycles. The average molecular weight is 561 g/mol. The highest BCUT2D eigenvalue weighted by Crippen LogP contribution is 2.25. The van der Waals surface area contributed by atoms with Gasteiger partial charge in [-0.15, -0.1) is 0 Å². The molecule has 0 saturated carbocycles. The fourth-order valence-electron chi connectivity index (χ4n) is 4.76. The molecule has 1 aromatic rings. The zero-order chi connectivity index (χ0) is 30.5. The molecule has 0 aromatic carbocycles. The molecule has 0 fully saturated rings. The first-order valence-corrected chi connectivity index (χ1v) is 16.0. The molecule has 1 amide bonds. The Morgan fingerprint density at radius 2 is 1.70 bits per heavy atom. The lowest BCUT2D eigenvalue weighted by Gasteiger charge is -2.22. The molecule has 2 rings (SSSR count). The van der Waals surface area contributed by atoms with Gasteiger partial charge in [0.1, 0.15) is 5.69 Å². The largest absolute Gasteiger partial charge is 0.372 e. The molecule has 0 aliphatic carbocycles. The normalized spacial score (nSPS) is 15.9. The van der Waals surface area contributed by atoms with Gasteiger partial charge in [0.05, 0.1) is 18.4 Å². The smallest absolute Gasteiger partial charge is 0.270 e. The zero-order valence-corrected chi connectivity index (χ0v) is 27.7. The Morgan fingerprint density at radius 1 is 1.02 bits per heavy atom. The number of rotatable bonds is 16. The number of amides is 1. The van der Waals surface area contributed by atoms with Crippen molar-refractivity contribution in [3.05, 3.63) is 29.9 Å². The minimum Gasteiger partial charge on any atom is -0.372 e. The number of aryl methyl sites for hydroxylation is 1. The maximum Gasteiger partial charge on any atom is 0.270 e. The average Bonchev–Trinajstić information content (AvgIpc) is 3.60. The van der Waals surface area contributed by atoms with E-state index in [-0.39, 0.29) is 11.9 Å². The summed E-state index contributed by atoms with van der Waals surface area (Å²) in [5, 5.41) is 21.1. The van der Waals surface area contributed by atoms with E-state index in [0.29, 0.717) is 11.6 Å². The van der Waals surface area contributed by atoms with Gasteiger partial charge in [-0.25, -0.2) is 0 Å². The van der Waals surface area contributed by atoms with Crippen molar-refractivity contribution in [3.8, 4) is 0 Å². The number of carbonyl (C=O) groups is 1.